The van der Waals surface area contributed by atoms with Gasteiger partial charge in [0, 0.05) is 6.54 Å². The maximum absolute atomic E-state index is 5.73. The maximum atomic E-state index is 5.73. The molecule has 1 aromatic heterocycles. The van der Waals surface area contributed by atoms with Crippen LogP contribution in [0.4, 0.5) is 0 Å². The highest BCUT2D eigenvalue weighted by molar-refractivity contribution is 5.43. The molecule has 1 aromatic carbocycles. The van der Waals surface area contributed by atoms with Gasteiger partial charge in [-0.2, -0.15) is 0 Å². The molecule has 4 nitrogen and oxygen atoms in total. The van der Waals surface area contributed by atoms with E-state index in [-0.39, 0.29) is 0 Å². The highest BCUT2D eigenvalue weighted by Crippen LogP contribution is 2.16. The Morgan fingerprint density at radius 3 is 2.60 bits per heavy atom. The van der Waals surface area contributed by atoms with E-state index in [1.165, 1.54) is 5.56 Å². The number of aromatic nitrogens is 3. The normalized spacial score (nSPS) is 10.5. The van der Waals surface area contributed by atoms with Gasteiger partial charge in [0.25, 0.3) is 0 Å². The maximum Gasteiger partial charge on any atom is 0.123 e. The Kier molecular flexibility index (Phi) is 2.78. The number of rotatable bonds is 3. The summed E-state index contributed by atoms with van der Waals surface area (Å²) in [7, 11) is 0. The van der Waals surface area contributed by atoms with Gasteiger partial charge >= 0.3 is 0 Å². The summed E-state index contributed by atoms with van der Waals surface area (Å²) in [6.45, 7) is 2.66. The Bertz CT molecular complexity index is 434. The molecule has 0 aliphatic rings. The Balaban J connectivity index is 2.48. The molecule has 78 valence electrons. The number of aryl methyl sites for hydroxylation is 1. The summed E-state index contributed by atoms with van der Waals surface area (Å²) in [6, 6.07) is 6.30. The second kappa shape index (κ2) is 4.23. The van der Waals surface area contributed by atoms with Gasteiger partial charge in [-0.05, 0) is 23.6 Å². The van der Waals surface area contributed by atoms with Crippen LogP contribution < -0.4 is 5.73 Å². The zero-order valence-corrected chi connectivity index (χ0v) is 8.72. The van der Waals surface area contributed by atoms with E-state index in [1.807, 2.05) is 4.57 Å². The molecule has 4 heteroatoms. The number of benzene rings is 1. The summed E-state index contributed by atoms with van der Waals surface area (Å²) in [5.74, 6) is 0. The molecule has 2 aromatic rings. The molecule has 0 spiro atoms. The van der Waals surface area contributed by atoms with Crippen molar-refractivity contribution in [3.8, 4) is 5.69 Å². The molecular formula is C11H14N4. The van der Waals surface area contributed by atoms with Crippen molar-refractivity contribution in [3.05, 3.63) is 42.0 Å². The highest BCUT2D eigenvalue weighted by Gasteiger charge is 2.03. The lowest BCUT2D eigenvalue weighted by Gasteiger charge is -2.09. The van der Waals surface area contributed by atoms with E-state index in [9.17, 15) is 0 Å². The van der Waals surface area contributed by atoms with Gasteiger partial charge in [-0.3, -0.25) is 4.57 Å². The van der Waals surface area contributed by atoms with Crippen molar-refractivity contribution in [3.63, 3.8) is 0 Å². The molecule has 2 rings (SSSR count). The summed E-state index contributed by atoms with van der Waals surface area (Å²) in [5, 5.41) is 7.58. The predicted molar refractivity (Wildman–Crippen MR) is 58.6 cm³/mol. The molecule has 0 atom stereocenters. The molecule has 0 saturated carbocycles. The lowest BCUT2D eigenvalue weighted by Crippen LogP contribution is -2.04. The van der Waals surface area contributed by atoms with Crippen molar-refractivity contribution in [2.75, 3.05) is 0 Å². The van der Waals surface area contributed by atoms with E-state index in [2.05, 4.69) is 35.3 Å². The number of hydrogen-bond acceptors (Lipinski definition) is 3. The van der Waals surface area contributed by atoms with Gasteiger partial charge < -0.3 is 5.73 Å². The van der Waals surface area contributed by atoms with Gasteiger partial charge in [-0.25, -0.2) is 0 Å². The molecule has 0 amide bonds. The van der Waals surface area contributed by atoms with Crippen LogP contribution in [0, 0.1) is 0 Å². The van der Waals surface area contributed by atoms with Crippen LogP contribution in [0.3, 0.4) is 0 Å². The Morgan fingerprint density at radius 1 is 1.27 bits per heavy atom. The Labute approximate surface area is 88.8 Å². The van der Waals surface area contributed by atoms with Crippen LogP contribution in [0.2, 0.25) is 0 Å². The third-order valence-corrected chi connectivity index (χ3v) is 2.47. The first kappa shape index (κ1) is 9.86. The number of hydrogen-bond donors (Lipinski definition) is 1. The third-order valence-electron chi connectivity index (χ3n) is 2.47. The van der Waals surface area contributed by atoms with Gasteiger partial charge in [0.15, 0.2) is 0 Å². The van der Waals surface area contributed by atoms with E-state index in [4.69, 9.17) is 5.73 Å². The minimum atomic E-state index is 0.529. The van der Waals surface area contributed by atoms with E-state index >= 15 is 0 Å². The van der Waals surface area contributed by atoms with Gasteiger partial charge in [0.2, 0.25) is 0 Å². The lowest BCUT2D eigenvalue weighted by molar-refractivity contribution is 0.970. The lowest BCUT2D eigenvalue weighted by atomic mass is 10.1. The summed E-state index contributed by atoms with van der Waals surface area (Å²) < 4.78 is 1.88. The van der Waals surface area contributed by atoms with E-state index in [1.54, 1.807) is 12.7 Å². The van der Waals surface area contributed by atoms with Crippen LogP contribution in [-0.2, 0) is 13.0 Å². The fourth-order valence-corrected chi connectivity index (χ4v) is 1.60. The first-order valence-electron chi connectivity index (χ1n) is 5.02. The summed E-state index contributed by atoms with van der Waals surface area (Å²) in [5.41, 5.74) is 9.20. The molecule has 0 bridgehead atoms. The monoisotopic (exact) mass is 202 g/mol. The SMILES string of the molecule is CCc1ccc(-n2cnnc2)c(CN)c1. The molecule has 0 fully saturated rings. The van der Waals surface area contributed by atoms with Crippen molar-refractivity contribution in [1.82, 2.24) is 14.8 Å². The fraction of sp³-hybridized carbons (Fsp3) is 0.273. The fourth-order valence-electron chi connectivity index (χ4n) is 1.60. The average molecular weight is 202 g/mol. The molecule has 1 heterocycles. The molecular weight excluding hydrogens is 188 g/mol. The zero-order chi connectivity index (χ0) is 10.7. The number of nitrogens with zero attached hydrogens (tertiary/aromatic N) is 3. The smallest absolute Gasteiger partial charge is 0.123 e. The minimum Gasteiger partial charge on any atom is -0.326 e. The van der Waals surface area contributed by atoms with Crippen molar-refractivity contribution in [2.45, 2.75) is 19.9 Å². The summed E-state index contributed by atoms with van der Waals surface area (Å²) >= 11 is 0. The van der Waals surface area contributed by atoms with Gasteiger partial charge in [0.05, 0.1) is 5.69 Å². The Hall–Kier alpha value is -1.68. The first-order chi connectivity index (χ1) is 7.35. The van der Waals surface area contributed by atoms with Crippen LogP contribution >= 0.6 is 0 Å². The van der Waals surface area contributed by atoms with Gasteiger partial charge in [-0.15, -0.1) is 10.2 Å². The van der Waals surface area contributed by atoms with Gasteiger partial charge in [-0.1, -0.05) is 19.1 Å². The second-order valence-electron chi connectivity index (χ2n) is 3.39. The average Bonchev–Trinajstić information content (AvgIpc) is 2.81. The predicted octanol–water partition coefficient (Wildman–Crippen LogP) is 1.29. The molecule has 15 heavy (non-hydrogen) atoms. The largest absolute Gasteiger partial charge is 0.326 e. The molecule has 0 aliphatic heterocycles. The van der Waals surface area contributed by atoms with Crippen LogP contribution in [0.25, 0.3) is 5.69 Å². The molecule has 2 N–H and O–H groups in total. The number of nitrogens with two attached hydrogens (primary N) is 1. The summed E-state index contributed by atoms with van der Waals surface area (Å²) in [6.07, 6.45) is 4.38. The van der Waals surface area contributed by atoms with Crippen molar-refractivity contribution in [1.29, 1.82) is 0 Å². The molecule has 0 unspecified atom stereocenters. The van der Waals surface area contributed by atoms with Crippen LogP contribution in [0.1, 0.15) is 18.1 Å². The topological polar surface area (TPSA) is 56.7 Å². The standard InChI is InChI=1S/C11H14N4/c1-2-9-3-4-11(10(5-9)6-12)15-7-13-14-8-15/h3-5,7-8H,2,6,12H2,1H3. The molecule has 0 radical (unpaired) electrons. The Morgan fingerprint density at radius 2 is 2.00 bits per heavy atom. The van der Waals surface area contributed by atoms with Crippen molar-refractivity contribution in [2.24, 2.45) is 5.73 Å². The zero-order valence-electron chi connectivity index (χ0n) is 8.72. The third kappa shape index (κ3) is 1.89. The van der Waals surface area contributed by atoms with E-state index < -0.39 is 0 Å². The molecule has 0 saturated heterocycles. The minimum absolute atomic E-state index is 0.529. The quantitative estimate of drug-likeness (QED) is 0.815. The van der Waals surface area contributed by atoms with Crippen LogP contribution in [0.5, 0.6) is 0 Å². The van der Waals surface area contributed by atoms with Crippen molar-refractivity contribution >= 4 is 0 Å². The van der Waals surface area contributed by atoms with Crippen LogP contribution in [0.15, 0.2) is 30.9 Å². The molecule has 0 aliphatic carbocycles. The first-order valence-corrected chi connectivity index (χ1v) is 5.02. The van der Waals surface area contributed by atoms with Gasteiger partial charge in [0.1, 0.15) is 12.7 Å². The highest BCUT2D eigenvalue weighted by atomic mass is 15.2. The second-order valence-corrected chi connectivity index (χ2v) is 3.39. The summed E-state index contributed by atoms with van der Waals surface area (Å²) in [4.78, 5) is 0. The van der Waals surface area contributed by atoms with E-state index in [0.717, 1.165) is 17.7 Å². The van der Waals surface area contributed by atoms with Crippen molar-refractivity contribution < 1.29 is 0 Å². The van der Waals surface area contributed by atoms with Crippen LogP contribution in [-0.4, -0.2) is 14.8 Å². The van der Waals surface area contributed by atoms with E-state index in [0.29, 0.717) is 6.54 Å².